The molecule has 16 heavy (non-hydrogen) atoms. The second-order valence-corrected chi connectivity index (χ2v) is 2.88. The number of carboxylic acid groups (broad SMARTS) is 1. The number of hydrazine groups is 1. The topological polar surface area (TPSA) is 114 Å². The molecule has 0 spiro atoms. The summed E-state index contributed by atoms with van der Waals surface area (Å²) in [6.45, 7) is 3.98. The minimum absolute atomic E-state index is 0.168. The molecule has 0 heterocycles. The fourth-order valence-electron chi connectivity index (χ4n) is 1.10. The Balaban J connectivity index is 5.07. The van der Waals surface area contributed by atoms with Crippen LogP contribution in [0.1, 0.15) is 26.7 Å². The van der Waals surface area contributed by atoms with Gasteiger partial charge in [0.15, 0.2) is 0 Å². The van der Waals surface area contributed by atoms with Crippen molar-refractivity contribution in [3.8, 4) is 0 Å². The van der Waals surface area contributed by atoms with Crippen LogP contribution in [0.4, 0.5) is 4.79 Å². The van der Waals surface area contributed by atoms with Crippen molar-refractivity contribution in [2.45, 2.75) is 26.7 Å². The molecule has 0 aliphatic rings. The minimum Gasteiger partial charge on any atom is -0.496 e. The maximum absolute atomic E-state index is 11.3. The Morgan fingerprint density at radius 1 is 1.38 bits per heavy atom. The molecule has 2 amide bonds. The molecular weight excluding hydrogens is 214 g/mol. The fraction of sp³-hybridized carbons (Fsp3) is 0.556. The highest BCUT2D eigenvalue weighted by Gasteiger charge is 2.17. The van der Waals surface area contributed by atoms with Crippen molar-refractivity contribution in [2.24, 2.45) is 5.84 Å². The van der Waals surface area contributed by atoms with Crippen LogP contribution in [-0.4, -0.2) is 23.7 Å². The quantitative estimate of drug-likeness (QED) is 0.172. The molecule has 0 aromatic rings. The number of allylic oxidation sites excluding steroid dienone is 1. The first-order chi connectivity index (χ1) is 7.56. The molecular formula is C9H17N3O4. The van der Waals surface area contributed by atoms with E-state index < -0.39 is 12.0 Å². The van der Waals surface area contributed by atoms with E-state index >= 15 is 0 Å². The van der Waals surface area contributed by atoms with E-state index in [2.05, 4.69) is 0 Å². The van der Waals surface area contributed by atoms with Crippen molar-refractivity contribution in [3.05, 3.63) is 11.5 Å². The summed E-state index contributed by atoms with van der Waals surface area (Å²) >= 11 is 0. The highest BCUT2D eigenvalue weighted by atomic mass is 16.5. The molecule has 0 aliphatic carbocycles. The number of rotatable bonds is 6. The molecule has 0 rings (SSSR count). The lowest BCUT2D eigenvalue weighted by Crippen LogP contribution is -2.39. The molecule has 0 bridgehead atoms. The van der Waals surface area contributed by atoms with Gasteiger partial charge in [0.05, 0.1) is 6.61 Å². The first kappa shape index (κ1) is 14.2. The summed E-state index contributed by atoms with van der Waals surface area (Å²) in [5.41, 5.74) is 1.70. The monoisotopic (exact) mass is 231 g/mol. The maximum Gasteiger partial charge on any atom is 0.409 e. The molecule has 7 nitrogen and oxygen atoms in total. The summed E-state index contributed by atoms with van der Waals surface area (Å²) in [4.78, 5) is 21.9. The van der Waals surface area contributed by atoms with Crippen LogP contribution in [0, 0.1) is 0 Å². The molecule has 0 fully saturated rings. The maximum atomic E-state index is 11.3. The smallest absolute Gasteiger partial charge is 0.409 e. The first-order valence-electron chi connectivity index (χ1n) is 4.93. The van der Waals surface area contributed by atoms with Gasteiger partial charge < -0.3 is 9.84 Å². The van der Waals surface area contributed by atoms with Gasteiger partial charge in [0.1, 0.15) is 11.5 Å². The molecule has 0 saturated carbocycles. The molecule has 0 aliphatic heterocycles. The Labute approximate surface area is 93.6 Å². The number of nitrogens with one attached hydrogen (secondary N) is 2. The van der Waals surface area contributed by atoms with Crippen LogP contribution in [0.15, 0.2) is 11.5 Å². The molecule has 0 radical (unpaired) electrons. The van der Waals surface area contributed by atoms with Crippen LogP contribution in [0.2, 0.25) is 0 Å². The Morgan fingerprint density at radius 3 is 2.38 bits per heavy atom. The molecule has 0 unspecified atom stereocenters. The lowest BCUT2D eigenvalue weighted by atomic mass is 10.2. The Kier molecular flexibility index (Phi) is 6.69. The van der Waals surface area contributed by atoms with Crippen LogP contribution >= 0.6 is 0 Å². The summed E-state index contributed by atoms with van der Waals surface area (Å²) in [5, 5.41) is 10.6. The van der Waals surface area contributed by atoms with E-state index in [-0.39, 0.29) is 11.5 Å². The summed E-state index contributed by atoms with van der Waals surface area (Å²) < 4.78 is 5.21. The van der Waals surface area contributed by atoms with Gasteiger partial charge in [-0.2, -0.15) is 0 Å². The third-order valence-electron chi connectivity index (χ3n) is 1.66. The van der Waals surface area contributed by atoms with Crippen LogP contribution in [0.5, 0.6) is 0 Å². The minimum atomic E-state index is -1.34. The molecule has 0 aromatic heterocycles. The van der Waals surface area contributed by atoms with E-state index in [9.17, 15) is 9.59 Å². The van der Waals surface area contributed by atoms with Gasteiger partial charge in [-0.1, -0.05) is 6.92 Å². The molecule has 5 N–H and O–H groups in total. The molecule has 7 heteroatoms. The van der Waals surface area contributed by atoms with Gasteiger partial charge in [-0.25, -0.2) is 10.6 Å². The van der Waals surface area contributed by atoms with E-state index in [1.165, 1.54) is 0 Å². The zero-order valence-corrected chi connectivity index (χ0v) is 9.37. The summed E-state index contributed by atoms with van der Waals surface area (Å²) in [6.07, 6.45) is -0.165. The van der Waals surface area contributed by atoms with Crippen molar-refractivity contribution in [1.82, 2.24) is 10.7 Å². The van der Waals surface area contributed by atoms with E-state index in [0.29, 0.717) is 13.0 Å². The van der Waals surface area contributed by atoms with Crippen molar-refractivity contribution < 1.29 is 19.4 Å². The van der Waals surface area contributed by atoms with Crippen LogP contribution in [0.25, 0.3) is 0 Å². The Bertz CT molecular complexity index is 280. The number of carbonyl (C=O) groups is 2. The lowest BCUT2D eigenvalue weighted by Gasteiger charge is -2.13. The second kappa shape index (κ2) is 7.52. The van der Waals surface area contributed by atoms with E-state index in [1.807, 2.05) is 17.7 Å². The molecule has 0 aromatic carbocycles. The zero-order valence-electron chi connectivity index (χ0n) is 9.37. The van der Waals surface area contributed by atoms with Gasteiger partial charge in [-0.3, -0.25) is 15.5 Å². The number of hydrogen-bond acceptors (Lipinski definition) is 4. The normalized spacial score (nSPS) is 11.4. The van der Waals surface area contributed by atoms with Crippen LogP contribution in [-0.2, 0) is 9.53 Å². The predicted molar refractivity (Wildman–Crippen MR) is 57.1 cm³/mol. The largest absolute Gasteiger partial charge is 0.496 e. The highest BCUT2D eigenvalue weighted by molar-refractivity contribution is 5.96. The number of nitrogens with two attached hydrogens (primary N) is 1. The molecule has 0 atom stereocenters. The van der Waals surface area contributed by atoms with Gasteiger partial charge in [-0.05, 0) is 13.3 Å². The van der Waals surface area contributed by atoms with E-state index in [1.54, 1.807) is 6.92 Å². The van der Waals surface area contributed by atoms with E-state index in [4.69, 9.17) is 15.7 Å². The highest BCUT2D eigenvalue weighted by Crippen LogP contribution is 2.11. The van der Waals surface area contributed by atoms with Gasteiger partial charge in [0, 0.05) is 6.42 Å². The number of amides is 2. The first-order valence-corrected chi connectivity index (χ1v) is 4.93. The van der Waals surface area contributed by atoms with Gasteiger partial charge in [-0.15, -0.1) is 0 Å². The third kappa shape index (κ3) is 4.65. The summed E-state index contributed by atoms with van der Waals surface area (Å²) in [6, 6.07) is 0. The average Bonchev–Trinajstić information content (AvgIpc) is 2.24. The van der Waals surface area contributed by atoms with Crippen LogP contribution in [0.3, 0.4) is 0 Å². The predicted octanol–water partition coefficient (Wildman–Crippen LogP) is 0.292. The Morgan fingerprint density at radius 2 is 2.00 bits per heavy atom. The second-order valence-electron chi connectivity index (χ2n) is 2.88. The number of hydrogen-bond donors (Lipinski definition) is 4. The average molecular weight is 231 g/mol. The van der Waals surface area contributed by atoms with Crippen molar-refractivity contribution in [2.75, 3.05) is 6.61 Å². The van der Waals surface area contributed by atoms with Gasteiger partial charge in [0.25, 0.3) is 5.91 Å². The van der Waals surface area contributed by atoms with E-state index in [0.717, 1.165) is 6.42 Å². The zero-order chi connectivity index (χ0) is 12.6. The number of carbonyl (C=O) groups excluding carboxylic acids is 1. The summed E-state index contributed by atoms with van der Waals surface area (Å²) in [5.74, 6) is 4.52. The standard InChI is InChI=1S/C9H17N3O4/c1-3-5-6(16-4-2)7(8(13)12-10)11-9(14)15/h11H,3-5,10H2,1-2H3,(H,12,13)(H,14,15)/b7-6+. The molecule has 92 valence electrons. The van der Waals surface area contributed by atoms with Crippen molar-refractivity contribution >= 4 is 12.0 Å². The summed E-state index contributed by atoms with van der Waals surface area (Å²) in [7, 11) is 0. The van der Waals surface area contributed by atoms with Crippen molar-refractivity contribution in [3.63, 3.8) is 0 Å². The fourth-order valence-corrected chi connectivity index (χ4v) is 1.10. The lowest BCUT2D eigenvalue weighted by molar-refractivity contribution is -0.118. The van der Waals surface area contributed by atoms with Gasteiger partial charge in [0.2, 0.25) is 0 Å². The molecule has 0 saturated heterocycles. The van der Waals surface area contributed by atoms with Gasteiger partial charge >= 0.3 is 6.09 Å². The number of ether oxygens (including phenoxy) is 1. The van der Waals surface area contributed by atoms with Crippen molar-refractivity contribution in [1.29, 1.82) is 0 Å². The van der Waals surface area contributed by atoms with Crippen LogP contribution < -0.4 is 16.6 Å². The SMILES string of the molecule is CCC/C(OCC)=C(\NC(=O)O)C(=O)NN. The Hall–Kier alpha value is -1.76. The third-order valence-corrected chi connectivity index (χ3v) is 1.66.